The number of fused-ring (bicyclic) bond motifs is 1. The minimum Gasteiger partial charge on any atom is -0.497 e. The van der Waals surface area contributed by atoms with Gasteiger partial charge in [-0.15, -0.1) is 0 Å². The predicted octanol–water partition coefficient (Wildman–Crippen LogP) is 3.71. The number of amides is 1. The van der Waals surface area contributed by atoms with E-state index < -0.39 is 0 Å². The second-order valence-corrected chi connectivity index (χ2v) is 7.17. The molecule has 28 heavy (non-hydrogen) atoms. The lowest BCUT2D eigenvalue weighted by atomic mass is 10.1. The van der Waals surface area contributed by atoms with Crippen LogP contribution in [0.4, 0.5) is 0 Å². The number of aromatic nitrogens is 1. The molecule has 146 valence electrons. The number of methoxy groups -OCH3 is 1. The topological polar surface area (TPSA) is 69.9 Å². The Kier molecular flexibility index (Phi) is 6.26. The molecule has 0 atom stereocenters. The van der Waals surface area contributed by atoms with Crippen LogP contribution in [0.2, 0.25) is 0 Å². The Labute approximate surface area is 167 Å². The fourth-order valence-electron chi connectivity index (χ4n) is 2.88. The van der Waals surface area contributed by atoms with Gasteiger partial charge in [0, 0.05) is 12.1 Å². The monoisotopic (exact) mass is 398 g/mol. The van der Waals surface area contributed by atoms with E-state index in [0.29, 0.717) is 23.5 Å². The molecule has 0 fully saturated rings. The van der Waals surface area contributed by atoms with Gasteiger partial charge in [0.25, 0.3) is 5.91 Å². The van der Waals surface area contributed by atoms with Crippen molar-refractivity contribution in [3.05, 3.63) is 58.4 Å². The fourth-order valence-corrected chi connectivity index (χ4v) is 3.96. The van der Waals surface area contributed by atoms with Crippen molar-refractivity contribution in [1.82, 2.24) is 4.57 Å². The van der Waals surface area contributed by atoms with Crippen LogP contribution in [0.25, 0.3) is 10.2 Å². The summed E-state index contributed by atoms with van der Waals surface area (Å²) in [6.45, 7) is 4.38. The van der Waals surface area contributed by atoms with E-state index in [4.69, 9.17) is 9.47 Å². The molecule has 0 radical (unpaired) electrons. The van der Waals surface area contributed by atoms with E-state index in [-0.39, 0.29) is 18.3 Å². The third-order valence-corrected chi connectivity index (χ3v) is 5.35. The van der Waals surface area contributed by atoms with Gasteiger partial charge in [0.2, 0.25) is 0 Å². The van der Waals surface area contributed by atoms with Crippen molar-refractivity contribution < 1.29 is 19.1 Å². The van der Waals surface area contributed by atoms with Crippen LogP contribution in [0.1, 0.15) is 29.3 Å². The predicted molar refractivity (Wildman–Crippen MR) is 109 cm³/mol. The Morgan fingerprint density at radius 1 is 1.18 bits per heavy atom. The number of rotatable bonds is 6. The largest absolute Gasteiger partial charge is 0.497 e. The number of esters is 1. The van der Waals surface area contributed by atoms with Crippen molar-refractivity contribution in [3.8, 4) is 5.75 Å². The molecule has 0 aliphatic heterocycles. The number of hydrogen-bond donors (Lipinski definition) is 0. The number of ether oxygens (including phenoxy) is 2. The van der Waals surface area contributed by atoms with Crippen LogP contribution >= 0.6 is 11.3 Å². The highest BCUT2D eigenvalue weighted by Gasteiger charge is 2.13. The van der Waals surface area contributed by atoms with E-state index in [1.807, 2.05) is 47.9 Å². The van der Waals surface area contributed by atoms with E-state index in [9.17, 15) is 9.59 Å². The van der Waals surface area contributed by atoms with Crippen LogP contribution < -0.4 is 9.54 Å². The van der Waals surface area contributed by atoms with Gasteiger partial charge < -0.3 is 14.0 Å². The molecule has 6 nitrogen and oxygen atoms in total. The molecule has 3 aromatic rings. The zero-order chi connectivity index (χ0) is 20.1. The number of thiazole rings is 1. The number of carbonyl (C=O) groups excluding carboxylic acids is 2. The Bertz CT molecular complexity index is 1080. The Hall–Kier alpha value is -2.93. The normalized spacial score (nSPS) is 11.6. The minimum atomic E-state index is -0.304. The molecule has 0 N–H and O–H groups in total. The lowest BCUT2D eigenvalue weighted by molar-refractivity contribution is -0.143. The summed E-state index contributed by atoms with van der Waals surface area (Å²) < 4.78 is 13.1. The summed E-state index contributed by atoms with van der Waals surface area (Å²) in [5.41, 5.74) is 2.33. The maximum absolute atomic E-state index is 12.7. The molecule has 1 amide bonds. The Balaban J connectivity index is 2.06. The lowest BCUT2D eigenvalue weighted by Gasteiger charge is -2.06. The summed E-state index contributed by atoms with van der Waals surface area (Å²) in [6, 6.07) is 13.0. The van der Waals surface area contributed by atoms with Crippen LogP contribution in [0.5, 0.6) is 5.75 Å². The molecular formula is C21H22N2O4S. The van der Waals surface area contributed by atoms with Gasteiger partial charge in [0.15, 0.2) is 4.80 Å². The van der Waals surface area contributed by atoms with Gasteiger partial charge in [-0.3, -0.25) is 9.59 Å². The SMILES string of the molecule is CCOC(=O)CCn1c(=NC(=O)c2ccccc2C)sc2cc(OC)ccc21. The smallest absolute Gasteiger partial charge is 0.307 e. The van der Waals surface area contributed by atoms with Crippen molar-refractivity contribution >= 4 is 33.4 Å². The number of aryl methyl sites for hydroxylation is 2. The first-order chi connectivity index (χ1) is 13.5. The summed E-state index contributed by atoms with van der Waals surface area (Å²) in [4.78, 5) is 29.5. The van der Waals surface area contributed by atoms with Crippen LogP contribution in [-0.2, 0) is 16.1 Å². The van der Waals surface area contributed by atoms with Crippen molar-refractivity contribution in [1.29, 1.82) is 0 Å². The van der Waals surface area contributed by atoms with E-state index >= 15 is 0 Å². The zero-order valence-corrected chi connectivity index (χ0v) is 16.9. The Morgan fingerprint density at radius 2 is 1.96 bits per heavy atom. The van der Waals surface area contributed by atoms with E-state index in [0.717, 1.165) is 21.5 Å². The molecule has 7 heteroatoms. The average Bonchev–Trinajstić information content (AvgIpc) is 3.02. The first-order valence-electron chi connectivity index (χ1n) is 9.01. The van der Waals surface area contributed by atoms with Gasteiger partial charge in [-0.1, -0.05) is 29.5 Å². The summed E-state index contributed by atoms with van der Waals surface area (Å²) in [7, 11) is 1.61. The molecule has 0 unspecified atom stereocenters. The van der Waals surface area contributed by atoms with Crippen molar-refractivity contribution in [2.24, 2.45) is 4.99 Å². The molecule has 0 aliphatic carbocycles. The molecule has 1 aromatic heterocycles. The van der Waals surface area contributed by atoms with E-state index in [1.54, 1.807) is 20.1 Å². The third-order valence-electron chi connectivity index (χ3n) is 4.31. The molecular weight excluding hydrogens is 376 g/mol. The van der Waals surface area contributed by atoms with Gasteiger partial charge in [0.1, 0.15) is 5.75 Å². The van der Waals surface area contributed by atoms with Crippen molar-refractivity contribution in [3.63, 3.8) is 0 Å². The van der Waals surface area contributed by atoms with Crippen LogP contribution in [0.3, 0.4) is 0 Å². The molecule has 0 spiro atoms. The highest BCUT2D eigenvalue weighted by molar-refractivity contribution is 7.16. The second kappa shape index (κ2) is 8.84. The van der Waals surface area contributed by atoms with Gasteiger partial charge in [-0.25, -0.2) is 0 Å². The van der Waals surface area contributed by atoms with Crippen molar-refractivity contribution in [2.45, 2.75) is 26.8 Å². The average molecular weight is 398 g/mol. The standard InChI is InChI=1S/C21H22N2O4S/c1-4-27-19(24)11-12-23-17-10-9-15(26-3)13-18(17)28-21(23)22-20(25)16-8-6-5-7-14(16)2/h5-10,13H,4,11-12H2,1-3H3. The number of nitrogens with zero attached hydrogens (tertiary/aromatic N) is 2. The third kappa shape index (κ3) is 4.31. The second-order valence-electron chi connectivity index (χ2n) is 6.16. The highest BCUT2D eigenvalue weighted by Crippen LogP contribution is 2.23. The van der Waals surface area contributed by atoms with Crippen LogP contribution in [0, 0.1) is 6.92 Å². The van der Waals surface area contributed by atoms with Crippen molar-refractivity contribution in [2.75, 3.05) is 13.7 Å². The summed E-state index contributed by atoms with van der Waals surface area (Å²) >= 11 is 1.39. The van der Waals surface area contributed by atoms with E-state index in [2.05, 4.69) is 4.99 Å². The van der Waals surface area contributed by atoms with Crippen LogP contribution in [-0.4, -0.2) is 30.2 Å². The lowest BCUT2D eigenvalue weighted by Crippen LogP contribution is -2.19. The molecule has 0 aliphatic rings. The summed E-state index contributed by atoms with van der Waals surface area (Å²) in [5.74, 6) is 0.142. The zero-order valence-electron chi connectivity index (χ0n) is 16.1. The first kappa shape index (κ1) is 19.8. The van der Waals surface area contributed by atoms with Crippen LogP contribution in [0.15, 0.2) is 47.5 Å². The molecule has 0 saturated carbocycles. The molecule has 0 bridgehead atoms. The van der Waals surface area contributed by atoms with E-state index in [1.165, 1.54) is 11.3 Å². The molecule has 1 heterocycles. The maximum atomic E-state index is 12.7. The van der Waals surface area contributed by atoms with Gasteiger partial charge in [-0.05, 0) is 43.7 Å². The van der Waals surface area contributed by atoms with Gasteiger partial charge in [-0.2, -0.15) is 4.99 Å². The first-order valence-corrected chi connectivity index (χ1v) is 9.82. The number of benzene rings is 2. The molecule has 3 rings (SSSR count). The Morgan fingerprint density at radius 3 is 2.68 bits per heavy atom. The number of carbonyl (C=O) groups is 2. The molecule has 2 aromatic carbocycles. The summed E-state index contributed by atoms with van der Waals surface area (Å²) in [5, 5.41) is 0. The quantitative estimate of drug-likeness (QED) is 0.594. The van der Waals surface area contributed by atoms with Gasteiger partial charge in [0.05, 0.1) is 30.4 Å². The van der Waals surface area contributed by atoms with Gasteiger partial charge >= 0.3 is 5.97 Å². The maximum Gasteiger partial charge on any atom is 0.307 e. The molecule has 0 saturated heterocycles. The minimum absolute atomic E-state index is 0.206. The summed E-state index contributed by atoms with van der Waals surface area (Å²) in [6.07, 6.45) is 0.206. The fraction of sp³-hybridized carbons (Fsp3) is 0.286. The highest BCUT2D eigenvalue weighted by atomic mass is 32.1. The number of hydrogen-bond acceptors (Lipinski definition) is 5.